The maximum absolute atomic E-state index is 10.3. The first-order chi connectivity index (χ1) is 9.70. The molecule has 5 heteroatoms. The summed E-state index contributed by atoms with van der Waals surface area (Å²) < 4.78 is 0. The second-order valence-electron chi connectivity index (χ2n) is 5.36. The normalized spacial score (nSPS) is 19.7. The Balaban J connectivity index is 1.88. The third-order valence-corrected chi connectivity index (χ3v) is 3.88. The molecule has 1 aliphatic rings. The Morgan fingerprint density at radius 1 is 1.10 bits per heavy atom. The number of para-hydroxylation sites is 1. The van der Waals surface area contributed by atoms with E-state index in [4.69, 9.17) is 10.8 Å². The van der Waals surface area contributed by atoms with E-state index in [2.05, 4.69) is 9.80 Å². The zero-order chi connectivity index (χ0) is 14.4. The van der Waals surface area contributed by atoms with Crippen LogP contribution in [-0.4, -0.2) is 65.9 Å². The van der Waals surface area contributed by atoms with Gasteiger partial charge in [0.15, 0.2) is 0 Å². The van der Waals surface area contributed by atoms with Crippen molar-refractivity contribution in [1.29, 1.82) is 0 Å². The van der Waals surface area contributed by atoms with Crippen LogP contribution in [0.1, 0.15) is 18.1 Å². The summed E-state index contributed by atoms with van der Waals surface area (Å²) in [6.07, 6.45) is 0.525. The van der Waals surface area contributed by atoms with Crippen molar-refractivity contribution in [3.8, 4) is 0 Å². The van der Waals surface area contributed by atoms with Crippen LogP contribution >= 0.6 is 0 Å². The van der Waals surface area contributed by atoms with E-state index < -0.39 is 6.10 Å². The highest BCUT2D eigenvalue weighted by molar-refractivity contribution is 5.47. The summed E-state index contributed by atoms with van der Waals surface area (Å²) in [5.41, 5.74) is 7.36. The van der Waals surface area contributed by atoms with Gasteiger partial charge >= 0.3 is 0 Å². The third kappa shape index (κ3) is 4.18. The van der Waals surface area contributed by atoms with Crippen LogP contribution in [0.15, 0.2) is 24.3 Å². The van der Waals surface area contributed by atoms with E-state index in [1.165, 1.54) is 0 Å². The molecule has 1 aromatic carbocycles. The lowest BCUT2D eigenvalue weighted by molar-refractivity contribution is 0.114. The molecule has 1 saturated heterocycles. The van der Waals surface area contributed by atoms with Crippen molar-refractivity contribution in [2.24, 2.45) is 0 Å². The summed E-state index contributed by atoms with van der Waals surface area (Å²) in [6, 6.07) is 7.49. The van der Waals surface area contributed by atoms with Crippen LogP contribution in [0.25, 0.3) is 0 Å². The number of hydrogen-bond acceptors (Lipinski definition) is 5. The summed E-state index contributed by atoms with van der Waals surface area (Å²) in [5.74, 6) is 0. The lowest BCUT2D eigenvalue weighted by Crippen LogP contribution is -2.34. The second kappa shape index (κ2) is 7.59. The topological polar surface area (TPSA) is 73.0 Å². The molecule has 1 aliphatic heterocycles. The Labute approximate surface area is 120 Å². The molecule has 5 nitrogen and oxygen atoms in total. The molecule has 0 spiro atoms. The fourth-order valence-corrected chi connectivity index (χ4v) is 2.73. The first kappa shape index (κ1) is 15.3. The molecule has 1 atom stereocenters. The Bertz CT molecular complexity index is 414. The van der Waals surface area contributed by atoms with Gasteiger partial charge in [-0.05, 0) is 25.6 Å². The lowest BCUT2D eigenvalue weighted by atomic mass is 10.1. The number of β-amino-alcohol motifs (C(OH)–C–C–N with tert-alkyl or cyclic N) is 2. The summed E-state index contributed by atoms with van der Waals surface area (Å²) >= 11 is 0. The fourth-order valence-electron chi connectivity index (χ4n) is 2.73. The number of benzene rings is 1. The molecule has 20 heavy (non-hydrogen) atoms. The molecule has 1 heterocycles. The van der Waals surface area contributed by atoms with E-state index >= 15 is 0 Å². The van der Waals surface area contributed by atoms with E-state index in [9.17, 15) is 5.11 Å². The number of hydrogen-bond donors (Lipinski definition) is 3. The fraction of sp³-hybridized carbons (Fsp3) is 0.600. The van der Waals surface area contributed by atoms with Crippen molar-refractivity contribution in [2.75, 3.05) is 51.6 Å². The van der Waals surface area contributed by atoms with Crippen LogP contribution in [0.5, 0.6) is 0 Å². The molecule has 0 amide bonds. The zero-order valence-corrected chi connectivity index (χ0v) is 11.9. The monoisotopic (exact) mass is 279 g/mol. The van der Waals surface area contributed by atoms with Gasteiger partial charge in [0, 0.05) is 37.4 Å². The molecule has 0 radical (unpaired) electrons. The highest BCUT2D eigenvalue weighted by atomic mass is 16.3. The summed E-state index contributed by atoms with van der Waals surface area (Å²) in [7, 11) is 0. The minimum absolute atomic E-state index is 0.211. The van der Waals surface area contributed by atoms with E-state index in [0.29, 0.717) is 12.2 Å². The first-order valence-electron chi connectivity index (χ1n) is 7.28. The van der Waals surface area contributed by atoms with Gasteiger partial charge < -0.3 is 15.9 Å². The minimum atomic E-state index is -0.541. The van der Waals surface area contributed by atoms with Gasteiger partial charge in [-0.15, -0.1) is 0 Å². The molecule has 2 rings (SSSR count). The number of nitrogen functional groups attached to an aromatic ring is 1. The van der Waals surface area contributed by atoms with Gasteiger partial charge in [-0.1, -0.05) is 18.2 Å². The number of anilines is 1. The van der Waals surface area contributed by atoms with Gasteiger partial charge in [-0.3, -0.25) is 9.80 Å². The van der Waals surface area contributed by atoms with Crippen LogP contribution in [-0.2, 0) is 0 Å². The molecule has 0 aromatic heterocycles. The smallest absolute Gasteiger partial charge is 0.0936 e. The number of rotatable bonds is 5. The zero-order valence-electron chi connectivity index (χ0n) is 11.9. The molecule has 112 valence electrons. The van der Waals surface area contributed by atoms with E-state index in [1.807, 2.05) is 24.3 Å². The third-order valence-electron chi connectivity index (χ3n) is 3.88. The molecule has 1 unspecified atom stereocenters. The Morgan fingerprint density at radius 2 is 1.80 bits per heavy atom. The summed E-state index contributed by atoms with van der Waals surface area (Å²) in [5, 5.41) is 19.3. The summed E-state index contributed by atoms with van der Waals surface area (Å²) in [6.45, 7) is 5.42. The van der Waals surface area contributed by atoms with Crippen LogP contribution in [0.4, 0.5) is 5.69 Å². The van der Waals surface area contributed by atoms with Crippen LogP contribution < -0.4 is 5.73 Å². The van der Waals surface area contributed by atoms with E-state index in [0.717, 1.165) is 44.7 Å². The average Bonchev–Trinajstić information content (AvgIpc) is 2.65. The number of nitrogens with zero attached hydrogens (tertiary/aromatic N) is 2. The Kier molecular flexibility index (Phi) is 5.79. The van der Waals surface area contributed by atoms with Crippen LogP contribution in [0.3, 0.4) is 0 Å². The van der Waals surface area contributed by atoms with Crippen molar-refractivity contribution >= 4 is 5.69 Å². The molecular formula is C15H25N3O2. The predicted molar refractivity (Wildman–Crippen MR) is 80.4 cm³/mol. The minimum Gasteiger partial charge on any atom is -0.398 e. The van der Waals surface area contributed by atoms with E-state index in [-0.39, 0.29) is 6.61 Å². The molecule has 0 bridgehead atoms. The summed E-state index contributed by atoms with van der Waals surface area (Å²) in [4.78, 5) is 4.54. The van der Waals surface area contributed by atoms with Crippen molar-refractivity contribution < 1.29 is 10.2 Å². The maximum atomic E-state index is 10.3. The maximum Gasteiger partial charge on any atom is 0.0936 e. The van der Waals surface area contributed by atoms with Crippen molar-refractivity contribution in [1.82, 2.24) is 9.80 Å². The number of nitrogens with two attached hydrogens (primary N) is 1. The molecular weight excluding hydrogens is 254 g/mol. The predicted octanol–water partition coefficient (Wildman–Crippen LogP) is 0.302. The highest BCUT2D eigenvalue weighted by Crippen LogP contribution is 2.21. The van der Waals surface area contributed by atoms with Gasteiger partial charge in [0.05, 0.1) is 12.7 Å². The van der Waals surface area contributed by atoms with Crippen LogP contribution in [0, 0.1) is 0 Å². The largest absolute Gasteiger partial charge is 0.398 e. The first-order valence-corrected chi connectivity index (χ1v) is 7.28. The second-order valence-corrected chi connectivity index (χ2v) is 5.36. The number of aliphatic hydroxyl groups is 2. The molecule has 1 aromatic rings. The van der Waals surface area contributed by atoms with Gasteiger partial charge in [0.2, 0.25) is 0 Å². The average molecular weight is 279 g/mol. The van der Waals surface area contributed by atoms with Gasteiger partial charge in [-0.25, -0.2) is 0 Å². The molecule has 1 fully saturated rings. The highest BCUT2D eigenvalue weighted by Gasteiger charge is 2.18. The van der Waals surface area contributed by atoms with E-state index in [1.54, 1.807) is 0 Å². The molecule has 4 N–H and O–H groups in total. The number of aliphatic hydroxyl groups excluding tert-OH is 2. The van der Waals surface area contributed by atoms with Crippen molar-refractivity contribution in [3.05, 3.63) is 29.8 Å². The van der Waals surface area contributed by atoms with Gasteiger partial charge in [0.1, 0.15) is 0 Å². The Morgan fingerprint density at radius 3 is 2.55 bits per heavy atom. The molecule has 0 aliphatic carbocycles. The Hall–Kier alpha value is -1.14. The quantitative estimate of drug-likeness (QED) is 0.676. The van der Waals surface area contributed by atoms with Gasteiger partial charge in [0.25, 0.3) is 0 Å². The van der Waals surface area contributed by atoms with Crippen LogP contribution in [0.2, 0.25) is 0 Å². The van der Waals surface area contributed by atoms with Crippen molar-refractivity contribution in [2.45, 2.75) is 12.5 Å². The SMILES string of the molecule is Nc1ccccc1C(O)CN1CCCN(CCO)CC1. The molecule has 0 saturated carbocycles. The van der Waals surface area contributed by atoms with Gasteiger partial charge in [-0.2, -0.15) is 0 Å². The lowest BCUT2D eigenvalue weighted by Gasteiger charge is -2.24. The van der Waals surface area contributed by atoms with Crippen molar-refractivity contribution in [3.63, 3.8) is 0 Å². The standard InChI is InChI=1S/C15H25N3O2/c16-14-5-2-1-4-13(14)15(20)12-18-7-3-6-17(8-9-18)10-11-19/h1-2,4-5,15,19-20H,3,6-12,16H2.